The predicted octanol–water partition coefficient (Wildman–Crippen LogP) is 1.69. The quantitative estimate of drug-likeness (QED) is 0.870. The number of aromatic nitrogens is 3. The second-order valence-electron chi connectivity index (χ2n) is 5.58. The Labute approximate surface area is 132 Å². The molecule has 7 nitrogen and oxygen atoms in total. The zero-order valence-electron chi connectivity index (χ0n) is 12.6. The molecule has 0 saturated heterocycles. The average molecular weight is 312 g/mol. The highest BCUT2D eigenvalue weighted by molar-refractivity contribution is 5.93. The van der Waals surface area contributed by atoms with E-state index in [1.807, 2.05) is 0 Å². The maximum Gasteiger partial charge on any atom is 0.337 e. The second kappa shape index (κ2) is 6.12. The van der Waals surface area contributed by atoms with Gasteiger partial charge in [0.15, 0.2) is 0 Å². The molecule has 2 heterocycles. The Morgan fingerprint density at radius 2 is 2.13 bits per heavy atom. The summed E-state index contributed by atoms with van der Waals surface area (Å²) in [4.78, 5) is 27.7. The summed E-state index contributed by atoms with van der Waals surface area (Å²) >= 11 is 0. The van der Waals surface area contributed by atoms with Crippen molar-refractivity contribution in [3.8, 4) is 0 Å². The zero-order valence-corrected chi connectivity index (χ0v) is 12.6. The first-order chi connectivity index (χ1) is 11.0. The van der Waals surface area contributed by atoms with E-state index in [-0.39, 0.29) is 23.9 Å². The fraction of sp³-hybridized carbons (Fsp3) is 0.312. The molecule has 1 saturated carbocycles. The average Bonchev–Trinajstić information content (AvgIpc) is 3.37. The standard InChI is InChI=1S/C16H16N4O3/c1-9-6-11(7-18-20-9)15(21)17-8-12-4-5-13(16(22)23)14(19-12)10-2-3-10/h4-7,10H,2-3,8H2,1H3,(H,17,21)(H,22,23). The molecule has 0 unspecified atom stereocenters. The highest BCUT2D eigenvalue weighted by atomic mass is 16.4. The van der Waals surface area contributed by atoms with Crippen LogP contribution in [0.5, 0.6) is 0 Å². The first kappa shape index (κ1) is 15.1. The number of carboxylic acid groups (broad SMARTS) is 1. The van der Waals surface area contributed by atoms with E-state index in [9.17, 15) is 14.7 Å². The number of carboxylic acids is 1. The van der Waals surface area contributed by atoms with E-state index < -0.39 is 5.97 Å². The van der Waals surface area contributed by atoms with Crippen LogP contribution in [0.1, 0.15) is 56.6 Å². The van der Waals surface area contributed by atoms with Gasteiger partial charge in [0.1, 0.15) is 0 Å². The lowest BCUT2D eigenvalue weighted by Gasteiger charge is -2.09. The summed E-state index contributed by atoms with van der Waals surface area (Å²) in [5, 5.41) is 19.5. The van der Waals surface area contributed by atoms with Gasteiger partial charge in [-0.2, -0.15) is 10.2 Å². The van der Waals surface area contributed by atoms with Gasteiger partial charge in [-0.1, -0.05) is 0 Å². The molecule has 2 aromatic heterocycles. The third-order valence-electron chi connectivity index (χ3n) is 3.65. The molecular weight excluding hydrogens is 296 g/mol. The lowest BCUT2D eigenvalue weighted by Crippen LogP contribution is -2.24. The molecule has 1 fully saturated rings. The molecule has 0 radical (unpaired) electrons. The SMILES string of the molecule is Cc1cc(C(=O)NCc2ccc(C(=O)O)c(C3CC3)n2)cnn1. The van der Waals surface area contributed by atoms with Crippen LogP contribution in [0.3, 0.4) is 0 Å². The molecular formula is C16H16N4O3. The fourth-order valence-corrected chi connectivity index (χ4v) is 2.33. The molecule has 3 rings (SSSR count). The Bertz CT molecular complexity index is 772. The molecule has 0 aromatic carbocycles. The summed E-state index contributed by atoms with van der Waals surface area (Å²) in [5.41, 5.74) is 2.60. The van der Waals surface area contributed by atoms with Crippen molar-refractivity contribution < 1.29 is 14.7 Å². The number of carbonyl (C=O) groups excluding carboxylic acids is 1. The number of carbonyl (C=O) groups is 2. The maximum atomic E-state index is 12.1. The number of hydrogen-bond donors (Lipinski definition) is 2. The minimum absolute atomic E-state index is 0.226. The molecule has 1 amide bonds. The van der Waals surface area contributed by atoms with Gasteiger partial charge < -0.3 is 10.4 Å². The number of pyridine rings is 1. The van der Waals surface area contributed by atoms with Gasteiger partial charge in [-0.15, -0.1) is 0 Å². The van der Waals surface area contributed by atoms with Crippen molar-refractivity contribution in [3.63, 3.8) is 0 Å². The van der Waals surface area contributed by atoms with E-state index >= 15 is 0 Å². The molecule has 7 heteroatoms. The van der Waals surface area contributed by atoms with Crippen LogP contribution in [0.15, 0.2) is 24.4 Å². The predicted molar refractivity (Wildman–Crippen MR) is 81.1 cm³/mol. The zero-order chi connectivity index (χ0) is 16.4. The van der Waals surface area contributed by atoms with E-state index in [0.29, 0.717) is 22.6 Å². The number of rotatable bonds is 5. The summed E-state index contributed by atoms with van der Waals surface area (Å²) in [5.74, 6) is -1.00. The Hall–Kier alpha value is -2.83. The van der Waals surface area contributed by atoms with Crippen molar-refractivity contribution in [3.05, 3.63) is 52.6 Å². The molecule has 118 valence electrons. The summed E-state index contributed by atoms with van der Waals surface area (Å²) in [6.45, 7) is 2.00. The molecule has 1 aliphatic rings. The molecule has 2 aromatic rings. The molecule has 0 bridgehead atoms. The minimum Gasteiger partial charge on any atom is -0.478 e. The summed E-state index contributed by atoms with van der Waals surface area (Å²) < 4.78 is 0. The summed E-state index contributed by atoms with van der Waals surface area (Å²) in [7, 11) is 0. The topological polar surface area (TPSA) is 105 Å². The monoisotopic (exact) mass is 312 g/mol. The Morgan fingerprint density at radius 3 is 2.78 bits per heavy atom. The van der Waals surface area contributed by atoms with Gasteiger partial charge in [0, 0.05) is 5.92 Å². The van der Waals surface area contributed by atoms with Crippen molar-refractivity contribution in [2.45, 2.75) is 32.2 Å². The van der Waals surface area contributed by atoms with Crippen LogP contribution in [0, 0.1) is 6.92 Å². The number of hydrogen-bond acceptors (Lipinski definition) is 5. The molecule has 1 aliphatic carbocycles. The van der Waals surface area contributed by atoms with E-state index in [4.69, 9.17) is 0 Å². The molecule has 2 N–H and O–H groups in total. The van der Waals surface area contributed by atoms with Crippen LogP contribution in [0.25, 0.3) is 0 Å². The summed E-state index contributed by atoms with van der Waals surface area (Å²) in [6, 6.07) is 4.84. The molecule has 0 aliphatic heterocycles. The van der Waals surface area contributed by atoms with Crippen LogP contribution in [-0.4, -0.2) is 32.2 Å². The fourth-order valence-electron chi connectivity index (χ4n) is 2.33. The van der Waals surface area contributed by atoms with E-state index in [0.717, 1.165) is 12.8 Å². The van der Waals surface area contributed by atoms with Gasteiger partial charge >= 0.3 is 5.97 Å². The van der Waals surface area contributed by atoms with Gasteiger partial charge in [-0.25, -0.2) is 4.79 Å². The van der Waals surface area contributed by atoms with E-state index in [1.165, 1.54) is 6.20 Å². The molecule has 0 atom stereocenters. The van der Waals surface area contributed by atoms with Crippen LogP contribution in [0.2, 0.25) is 0 Å². The van der Waals surface area contributed by atoms with Crippen molar-refractivity contribution in [1.29, 1.82) is 0 Å². The van der Waals surface area contributed by atoms with E-state index in [2.05, 4.69) is 20.5 Å². The highest BCUT2D eigenvalue weighted by Crippen LogP contribution is 2.40. The number of nitrogens with one attached hydrogen (secondary N) is 1. The van der Waals surface area contributed by atoms with E-state index in [1.54, 1.807) is 25.1 Å². The van der Waals surface area contributed by atoms with Gasteiger partial charge in [0.2, 0.25) is 0 Å². The largest absolute Gasteiger partial charge is 0.478 e. The van der Waals surface area contributed by atoms with Gasteiger partial charge in [-0.3, -0.25) is 9.78 Å². The number of aryl methyl sites for hydroxylation is 1. The first-order valence-electron chi connectivity index (χ1n) is 7.35. The van der Waals surface area contributed by atoms with Gasteiger partial charge in [0.05, 0.1) is 41.0 Å². The lowest BCUT2D eigenvalue weighted by atomic mass is 10.1. The van der Waals surface area contributed by atoms with Crippen LogP contribution in [0.4, 0.5) is 0 Å². The van der Waals surface area contributed by atoms with Crippen LogP contribution < -0.4 is 5.32 Å². The number of amides is 1. The normalized spacial score (nSPS) is 13.6. The van der Waals surface area contributed by atoms with Crippen LogP contribution >= 0.6 is 0 Å². The second-order valence-corrected chi connectivity index (χ2v) is 5.58. The summed E-state index contributed by atoms with van der Waals surface area (Å²) in [6.07, 6.45) is 3.33. The maximum absolute atomic E-state index is 12.1. The first-order valence-corrected chi connectivity index (χ1v) is 7.35. The highest BCUT2D eigenvalue weighted by Gasteiger charge is 2.29. The molecule has 23 heavy (non-hydrogen) atoms. The van der Waals surface area contributed by atoms with Gasteiger partial charge in [0.25, 0.3) is 5.91 Å². The smallest absolute Gasteiger partial charge is 0.337 e. The minimum atomic E-state index is -0.965. The third-order valence-corrected chi connectivity index (χ3v) is 3.65. The van der Waals surface area contributed by atoms with Crippen LogP contribution in [-0.2, 0) is 6.54 Å². The number of nitrogens with zero attached hydrogens (tertiary/aromatic N) is 3. The number of aromatic carboxylic acids is 1. The van der Waals surface area contributed by atoms with Crippen molar-refractivity contribution in [2.75, 3.05) is 0 Å². The van der Waals surface area contributed by atoms with Gasteiger partial charge in [-0.05, 0) is 38.0 Å². The van der Waals surface area contributed by atoms with Crippen molar-refractivity contribution in [2.24, 2.45) is 0 Å². The Morgan fingerprint density at radius 1 is 1.35 bits per heavy atom. The Balaban J connectivity index is 1.72. The van der Waals surface area contributed by atoms with Crippen molar-refractivity contribution >= 4 is 11.9 Å². The lowest BCUT2D eigenvalue weighted by molar-refractivity contribution is 0.0694. The third kappa shape index (κ3) is 3.50. The van der Waals surface area contributed by atoms with Crippen molar-refractivity contribution in [1.82, 2.24) is 20.5 Å². The molecule has 0 spiro atoms. The Kier molecular flexibility index (Phi) is 4.01.